The number of fused-ring (bicyclic) bond motifs is 1. The van der Waals surface area contributed by atoms with Crippen molar-refractivity contribution < 1.29 is 13.5 Å². The lowest BCUT2D eigenvalue weighted by molar-refractivity contribution is -0.139. The van der Waals surface area contributed by atoms with Gasteiger partial charge in [0.05, 0.1) is 0 Å². The molecule has 0 fully saturated rings. The minimum atomic E-state index is -2.85. The van der Waals surface area contributed by atoms with Crippen molar-refractivity contribution in [1.29, 1.82) is 0 Å². The maximum Gasteiger partial charge on any atom is 0.345 e. The van der Waals surface area contributed by atoms with Gasteiger partial charge in [-0.05, 0) is 18.6 Å². The van der Waals surface area contributed by atoms with E-state index in [1.807, 2.05) is 0 Å². The minimum Gasteiger partial charge on any atom is -0.315 e. The maximum atomic E-state index is 11.8. The summed E-state index contributed by atoms with van der Waals surface area (Å²) in [4.78, 5) is 0. The summed E-state index contributed by atoms with van der Waals surface area (Å²) in [6, 6.07) is 1.66. The van der Waals surface area contributed by atoms with Gasteiger partial charge in [-0.15, -0.1) is 10.2 Å². The summed E-state index contributed by atoms with van der Waals surface area (Å²) in [6.45, 7) is -1.46. The van der Waals surface area contributed by atoms with Gasteiger partial charge in [-0.25, -0.2) is 0 Å². The van der Waals surface area contributed by atoms with Crippen molar-refractivity contribution in [2.45, 2.75) is 20.1 Å². The van der Waals surface area contributed by atoms with Gasteiger partial charge in [0.2, 0.25) is 0 Å². The number of aromatic nitrogens is 4. The number of alkyl halides is 2. The van der Waals surface area contributed by atoms with E-state index < -0.39 is 6.61 Å². The number of aryl methyl sites for hydroxylation is 1. The van der Waals surface area contributed by atoms with Gasteiger partial charge in [-0.3, -0.25) is 0 Å². The third-order valence-corrected chi connectivity index (χ3v) is 2.30. The van der Waals surface area contributed by atoms with E-state index in [0.29, 0.717) is 5.65 Å². The second-order valence-electron chi connectivity index (χ2n) is 3.08. The molecule has 0 saturated heterocycles. The van der Waals surface area contributed by atoms with Crippen molar-refractivity contribution in [1.82, 2.24) is 19.8 Å². The molecule has 2 heterocycles. The third kappa shape index (κ3) is 2.10. The standard InChI is InChI=1S/C8H7ClF2N4O/c1-4-2-5-12-13-6(3-16-8(10)11)15(5)14-7(4)9/h2,8H,3H2,1H3. The van der Waals surface area contributed by atoms with Crippen LogP contribution in [-0.2, 0) is 11.3 Å². The minimum absolute atomic E-state index is 0.178. The summed E-state index contributed by atoms with van der Waals surface area (Å²) in [6.07, 6.45) is 0. The molecular weight excluding hydrogens is 242 g/mol. The smallest absolute Gasteiger partial charge is 0.315 e. The highest BCUT2D eigenvalue weighted by Crippen LogP contribution is 2.14. The zero-order valence-electron chi connectivity index (χ0n) is 8.19. The van der Waals surface area contributed by atoms with Crippen LogP contribution in [0.1, 0.15) is 11.4 Å². The highest BCUT2D eigenvalue weighted by molar-refractivity contribution is 6.30. The Morgan fingerprint density at radius 3 is 2.94 bits per heavy atom. The summed E-state index contributed by atoms with van der Waals surface area (Å²) in [5.74, 6) is 0.178. The molecule has 0 aromatic carbocycles. The average molecular weight is 249 g/mol. The van der Waals surface area contributed by atoms with Gasteiger partial charge < -0.3 is 4.74 Å². The maximum absolute atomic E-state index is 11.8. The van der Waals surface area contributed by atoms with Crippen molar-refractivity contribution in [2.24, 2.45) is 0 Å². The SMILES string of the molecule is Cc1cc2nnc(COC(F)F)n2nc1Cl. The van der Waals surface area contributed by atoms with Gasteiger partial charge in [-0.2, -0.15) is 18.4 Å². The molecule has 0 amide bonds. The first-order valence-corrected chi connectivity index (χ1v) is 4.73. The molecule has 0 spiro atoms. The molecule has 2 aromatic rings. The molecule has 0 saturated carbocycles. The molecule has 0 aliphatic heterocycles. The molecule has 16 heavy (non-hydrogen) atoms. The molecule has 0 radical (unpaired) electrons. The molecular formula is C8H7ClF2N4O. The number of ether oxygens (including phenoxy) is 1. The molecule has 0 unspecified atom stereocenters. The van der Waals surface area contributed by atoms with Gasteiger partial charge in [0.15, 0.2) is 16.6 Å². The van der Waals surface area contributed by atoms with Gasteiger partial charge in [0.25, 0.3) is 0 Å². The first kappa shape index (κ1) is 11.2. The molecule has 5 nitrogen and oxygen atoms in total. The van der Waals surface area contributed by atoms with E-state index in [0.717, 1.165) is 5.56 Å². The summed E-state index contributed by atoms with van der Waals surface area (Å²) in [7, 11) is 0. The summed E-state index contributed by atoms with van der Waals surface area (Å²) < 4.78 is 29.1. The van der Waals surface area contributed by atoms with Crippen LogP contribution < -0.4 is 0 Å². The fraction of sp³-hybridized carbons (Fsp3) is 0.375. The Labute approximate surface area is 94.0 Å². The van der Waals surface area contributed by atoms with Gasteiger partial charge in [-0.1, -0.05) is 11.6 Å². The monoisotopic (exact) mass is 248 g/mol. The fourth-order valence-electron chi connectivity index (χ4n) is 1.17. The van der Waals surface area contributed by atoms with Crippen molar-refractivity contribution in [3.63, 3.8) is 0 Å². The average Bonchev–Trinajstić information content (AvgIpc) is 2.58. The molecule has 0 atom stereocenters. The van der Waals surface area contributed by atoms with Crippen LogP contribution in [0.2, 0.25) is 5.15 Å². The van der Waals surface area contributed by atoms with Gasteiger partial charge >= 0.3 is 6.61 Å². The van der Waals surface area contributed by atoms with Gasteiger partial charge in [0, 0.05) is 0 Å². The van der Waals surface area contributed by atoms with Crippen LogP contribution in [0.5, 0.6) is 0 Å². The highest BCUT2D eigenvalue weighted by atomic mass is 35.5. The predicted octanol–water partition coefficient (Wildman–Crippen LogP) is 1.83. The highest BCUT2D eigenvalue weighted by Gasteiger charge is 2.11. The Bertz CT molecular complexity index is 516. The lowest BCUT2D eigenvalue weighted by Gasteiger charge is -2.01. The Kier molecular flexibility index (Phi) is 2.97. The quantitative estimate of drug-likeness (QED) is 0.832. The van der Waals surface area contributed by atoms with E-state index in [1.165, 1.54) is 4.52 Å². The van der Waals surface area contributed by atoms with Crippen LogP contribution >= 0.6 is 11.6 Å². The van der Waals surface area contributed by atoms with Crippen molar-refractivity contribution in [2.75, 3.05) is 0 Å². The molecule has 8 heteroatoms. The number of halogens is 3. The summed E-state index contributed by atoms with van der Waals surface area (Å²) in [5, 5.41) is 11.7. The zero-order chi connectivity index (χ0) is 11.7. The fourth-order valence-corrected chi connectivity index (χ4v) is 1.30. The first-order valence-electron chi connectivity index (χ1n) is 4.35. The Morgan fingerprint density at radius 1 is 1.50 bits per heavy atom. The molecule has 0 N–H and O–H groups in total. The van der Waals surface area contributed by atoms with Crippen LogP contribution in [0.25, 0.3) is 5.65 Å². The number of nitrogens with zero attached hydrogens (tertiary/aromatic N) is 4. The second kappa shape index (κ2) is 4.26. The van der Waals surface area contributed by atoms with Crippen LogP contribution in [0.4, 0.5) is 8.78 Å². The molecule has 86 valence electrons. The largest absolute Gasteiger partial charge is 0.345 e. The number of hydrogen-bond acceptors (Lipinski definition) is 4. The second-order valence-corrected chi connectivity index (χ2v) is 3.43. The van der Waals surface area contributed by atoms with Gasteiger partial charge in [0.1, 0.15) is 6.61 Å². The molecule has 0 aliphatic rings. The van der Waals surface area contributed by atoms with E-state index in [1.54, 1.807) is 13.0 Å². The van der Waals surface area contributed by atoms with E-state index in [2.05, 4.69) is 20.0 Å². The van der Waals surface area contributed by atoms with E-state index in [4.69, 9.17) is 11.6 Å². The molecule has 0 bridgehead atoms. The molecule has 0 aliphatic carbocycles. The lowest BCUT2D eigenvalue weighted by Crippen LogP contribution is -2.05. The lowest BCUT2D eigenvalue weighted by atomic mass is 10.3. The Morgan fingerprint density at radius 2 is 2.25 bits per heavy atom. The first-order chi connectivity index (χ1) is 7.58. The third-order valence-electron chi connectivity index (χ3n) is 1.93. The summed E-state index contributed by atoms with van der Waals surface area (Å²) >= 11 is 5.80. The molecule has 2 rings (SSSR count). The summed E-state index contributed by atoms with van der Waals surface area (Å²) in [5.41, 5.74) is 1.18. The zero-order valence-corrected chi connectivity index (χ0v) is 8.95. The van der Waals surface area contributed by atoms with Crippen molar-refractivity contribution in [3.8, 4) is 0 Å². The van der Waals surface area contributed by atoms with Crippen LogP contribution in [0.3, 0.4) is 0 Å². The van der Waals surface area contributed by atoms with Crippen molar-refractivity contribution in [3.05, 3.63) is 22.6 Å². The number of rotatable bonds is 3. The predicted molar refractivity (Wildman–Crippen MR) is 51.3 cm³/mol. The van der Waals surface area contributed by atoms with E-state index >= 15 is 0 Å². The Hall–Kier alpha value is -1.34. The normalized spacial score (nSPS) is 11.6. The van der Waals surface area contributed by atoms with Crippen LogP contribution in [0, 0.1) is 6.92 Å². The topological polar surface area (TPSA) is 52.3 Å². The number of hydrogen-bond donors (Lipinski definition) is 0. The van der Waals surface area contributed by atoms with E-state index in [9.17, 15) is 8.78 Å². The van der Waals surface area contributed by atoms with Crippen LogP contribution in [0.15, 0.2) is 6.07 Å². The molecule has 2 aromatic heterocycles. The Balaban J connectivity index is 2.36. The van der Waals surface area contributed by atoms with E-state index in [-0.39, 0.29) is 17.6 Å². The van der Waals surface area contributed by atoms with Crippen molar-refractivity contribution >= 4 is 17.2 Å². The van der Waals surface area contributed by atoms with Crippen LogP contribution in [-0.4, -0.2) is 26.4 Å².